The fourth-order valence-corrected chi connectivity index (χ4v) is 2.80. The van der Waals surface area contributed by atoms with Gasteiger partial charge in [-0.2, -0.15) is 0 Å². The Morgan fingerprint density at radius 2 is 1.77 bits per heavy atom. The predicted octanol–water partition coefficient (Wildman–Crippen LogP) is 4.96. The predicted molar refractivity (Wildman–Crippen MR) is 98.8 cm³/mol. The summed E-state index contributed by atoms with van der Waals surface area (Å²) in [4.78, 5) is 7.89. The molecule has 4 nitrogen and oxygen atoms in total. The Labute approximate surface area is 150 Å². The Morgan fingerprint density at radius 3 is 2.58 bits per heavy atom. The molecule has 0 unspecified atom stereocenters. The van der Waals surface area contributed by atoms with Gasteiger partial charge in [0.2, 0.25) is 0 Å². The van der Waals surface area contributed by atoms with Crippen molar-refractivity contribution in [3.8, 4) is 22.9 Å². The van der Waals surface area contributed by atoms with E-state index in [-0.39, 0.29) is 12.4 Å². The van der Waals surface area contributed by atoms with Gasteiger partial charge in [0.25, 0.3) is 0 Å². The zero-order chi connectivity index (χ0) is 17.9. The van der Waals surface area contributed by atoms with Crippen LogP contribution in [0.15, 0.2) is 66.7 Å². The second-order valence-electron chi connectivity index (χ2n) is 5.85. The number of nitrogens with zero attached hydrogens (tertiary/aromatic N) is 1. The molecule has 130 valence electrons. The standard InChI is InChI=1S/C21H17FN2O2/c1-25-19-11-10-14(21-23-17-8-4-5-9-18(17)24-21)12-20(19)26-13-15-6-2-3-7-16(15)22/h2-12H,13H2,1H3,(H,23,24). The number of halogens is 1. The minimum absolute atomic E-state index is 0.118. The smallest absolute Gasteiger partial charge is 0.162 e. The molecule has 4 rings (SSSR count). The number of methoxy groups -OCH3 is 1. The summed E-state index contributed by atoms with van der Waals surface area (Å²) in [6, 6.07) is 20.0. The number of ether oxygens (including phenoxy) is 2. The van der Waals surface area contributed by atoms with Crippen molar-refractivity contribution < 1.29 is 13.9 Å². The number of hydrogen-bond acceptors (Lipinski definition) is 3. The monoisotopic (exact) mass is 348 g/mol. The quantitative estimate of drug-likeness (QED) is 0.555. The van der Waals surface area contributed by atoms with Crippen LogP contribution < -0.4 is 9.47 Å². The number of imidazole rings is 1. The van der Waals surface area contributed by atoms with Crippen molar-refractivity contribution in [2.75, 3.05) is 7.11 Å². The number of aromatic amines is 1. The van der Waals surface area contributed by atoms with Crippen LogP contribution in [0.4, 0.5) is 4.39 Å². The number of para-hydroxylation sites is 2. The van der Waals surface area contributed by atoms with E-state index in [0.717, 1.165) is 22.4 Å². The molecule has 1 N–H and O–H groups in total. The van der Waals surface area contributed by atoms with Gasteiger partial charge in [-0.15, -0.1) is 0 Å². The molecule has 1 heterocycles. The molecule has 0 fully saturated rings. The molecule has 3 aromatic carbocycles. The van der Waals surface area contributed by atoms with Crippen molar-refractivity contribution in [1.29, 1.82) is 0 Å². The first-order chi connectivity index (χ1) is 12.7. The average Bonchev–Trinajstić information content (AvgIpc) is 3.11. The summed E-state index contributed by atoms with van der Waals surface area (Å²) < 4.78 is 25.0. The summed E-state index contributed by atoms with van der Waals surface area (Å²) in [6.07, 6.45) is 0. The fraction of sp³-hybridized carbons (Fsp3) is 0.0952. The van der Waals surface area contributed by atoms with Gasteiger partial charge in [-0.1, -0.05) is 30.3 Å². The van der Waals surface area contributed by atoms with E-state index in [9.17, 15) is 4.39 Å². The Hall–Kier alpha value is -3.34. The number of fused-ring (bicyclic) bond motifs is 1. The third-order valence-corrected chi connectivity index (χ3v) is 4.17. The van der Waals surface area contributed by atoms with Crippen LogP contribution in [0.3, 0.4) is 0 Å². The van der Waals surface area contributed by atoms with E-state index in [1.165, 1.54) is 6.07 Å². The maximum Gasteiger partial charge on any atom is 0.162 e. The highest BCUT2D eigenvalue weighted by Gasteiger charge is 2.11. The van der Waals surface area contributed by atoms with E-state index in [2.05, 4.69) is 9.97 Å². The third-order valence-electron chi connectivity index (χ3n) is 4.17. The van der Waals surface area contributed by atoms with Crippen LogP contribution in [0, 0.1) is 5.82 Å². The minimum atomic E-state index is -0.292. The lowest BCUT2D eigenvalue weighted by atomic mass is 10.2. The van der Waals surface area contributed by atoms with Crippen LogP contribution in [0.2, 0.25) is 0 Å². The van der Waals surface area contributed by atoms with Crippen LogP contribution in [-0.2, 0) is 6.61 Å². The molecule has 0 spiro atoms. The van der Waals surface area contributed by atoms with Gasteiger partial charge in [0, 0.05) is 11.1 Å². The van der Waals surface area contributed by atoms with E-state index in [4.69, 9.17) is 9.47 Å². The van der Waals surface area contributed by atoms with Gasteiger partial charge in [0.05, 0.1) is 18.1 Å². The number of aromatic nitrogens is 2. The topological polar surface area (TPSA) is 47.1 Å². The molecule has 0 bridgehead atoms. The molecule has 0 amide bonds. The van der Waals surface area contributed by atoms with E-state index in [1.807, 2.05) is 42.5 Å². The van der Waals surface area contributed by atoms with Crippen LogP contribution in [0.25, 0.3) is 22.4 Å². The van der Waals surface area contributed by atoms with E-state index < -0.39 is 0 Å². The highest BCUT2D eigenvalue weighted by molar-refractivity contribution is 5.79. The highest BCUT2D eigenvalue weighted by Crippen LogP contribution is 2.33. The summed E-state index contributed by atoms with van der Waals surface area (Å²) in [5.74, 6) is 1.57. The van der Waals surface area contributed by atoms with Gasteiger partial charge in [0.15, 0.2) is 11.5 Å². The van der Waals surface area contributed by atoms with Crippen LogP contribution in [0.1, 0.15) is 5.56 Å². The van der Waals surface area contributed by atoms with Gasteiger partial charge in [-0.25, -0.2) is 9.37 Å². The Morgan fingerprint density at radius 1 is 0.962 bits per heavy atom. The molecule has 26 heavy (non-hydrogen) atoms. The molecule has 0 aliphatic heterocycles. The molecular weight excluding hydrogens is 331 g/mol. The number of rotatable bonds is 5. The molecule has 0 saturated carbocycles. The summed E-state index contributed by atoms with van der Waals surface area (Å²) in [7, 11) is 1.58. The van der Waals surface area contributed by atoms with Crippen molar-refractivity contribution in [3.63, 3.8) is 0 Å². The first kappa shape index (κ1) is 16.1. The zero-order valence-electron chi connectivity index (χ0n) is 14.2. The lowest BCUT2D eigenvalue weighted by Gasteiger charge is -2.12. The summed E-state index contributed by atoms with van der Waals surface area (Å²) in [6.45, 7) is 0.118. The molecule has 0 aliphatic carbocycles. The van der Waals surface area contributed by atoms with E-state index in [1.54, 1.807) is 25.3 Å². The van der Waals surface area contributed by atoms with Crippen LogP contribution in [-0.4, -0.2) is 17.1 Å². The average molecular weight is 348 g/mol. The van der Waals surface area contributed by atoms with Gasteiger partial charge in [-0.3, -0.25) is 0 Å². The summed E-state index contributed by atoms with van der Waals surface area (Å²) in [5, 5.41) is 0. The molecule has 0 saturated heterocycles. The maximum absolute atomic E-state index is 13.8. The Kier molecular flexibility index (Phi) is 4.27. The minimum Gasteiger partial charge on any atom is -0.493 e. The van der Waals surface area contributed by atoms with Gasteiger partial charge in [-0.05, 0) is 36.4 Å². The Bertz CT molecular complexity index is 1030. The lowest BCUT2D eigenvalue weighted by molar-refractivity contribution is 0.280. The van der Waals surface area contributed by atoms with Crippen molar-refractivity contribution in [1.82, 2.24) is 9.97 Å². The number of benzene rings is 3. The van der Waals surface area contributed by atoms with Gasteiger partial charge in [0.1, 0.15) is 18.2 Å². The first-order valence-corrected chi connectivity index (χ1v) is 8.24. The molecule has 5 heteroatoms. The number of nitrogens with one attached hydrogen (secondary N) is 1. The molecule has 1 aromatic heterocycles. The molecule has 0 radical (unpaired) electrons. The lowest BCUT2D eigenvalue weighted by Crippen LogP contribution is -2.00. The summed E-state index contributed by atoms with van der Waals surface area (Å²) in [5.41, 5.74) is 3.22. The fourth-order valence-electron chi connectivity index (χ4n) is 2.80. The Balaban J connectivity index is 1.65. The maximum atomic E-state index is 13.8. The SMILES string of the molecule is COc1ccc(-c2nc3ccccc3[nH]2)cc1OCc1ccccc1F. The van der Waals surface area contributed by atoms with Crippen molar-refractivity contribution in [2.45, 2.75) is 6.61 Å². The van der Waals surface area contributed by atoms with Crippen LogP contribution in [0.5, 0.6) is 11.5 Å². The third kappa shape index (κ3) is 3.11. The van der Waals surface area contributed by atoms with E-state index in [0.29, 0.717) is 17.1 Å². The molecule has 4 aromatic rings. The first-order valence-electron chi connectivity index (χ1n) is 8.24. The number of hydrogen-bond donors (Lipinski definition) is 1. The van der Waals surface area contributed by atoms with Gasteiger partial charge >= 0.3 is 0 Å². The molecule has 0 aliphatic rings. The second-order valence-corrected chi connectivity index (χ2v) is 5.85. The van der Waals surface area contributed by atoms with E-state index >= 15 is 0 Å². The summed E-state index contributed by atoms with van der Waals surface area (Å²) >= 11 is 0. The molecular formula is C21H17FN2O2. The second kappa shape index (κ2) is 6.88. The largest absolute Gasteiger partial charge is 0.493 e. The highest BCUT2D eigenvalue weighted by atomic mass is 19.1. The molecule has 0 atom stereocenters. The normalized spacial score (nSPS) is 10.8. The zero-order valence-corrected chi connectivity index (χ0v) is 14.2. The van der Waals surface area contributed by atoms with Gasteiger partial charge < -0.3 is 14.5 Å². The van der Waals surface area contributed by atoms with Crippen molar-refractivity contribution in [2.24, 2.45) is 0 Å². The van der Waals surface area contributed by atoms with Crippen molar-refractivity contribution in [3.05, 3.63) is 78.1 Å². The number of H-pyrrole nitrogens is 1. The van der Waals surface area contributed by atoms with Crippen LogP contribution >= 0.6 is 0 Å². The van der Waals surface area contributed by atoms with Crippen molar-refractivity contribution >= 4 is 11.0 Å².